The van der Waals surface area contributed by atoms with E-state index in [1.54, 1.807) is 0 Å². The minimum atomic E-state index is -0.483. The molecule has 1 spiro atoms. The molecule has 0 atom stereocenters. The SMILES string of the molecule is c1ccc(-c2ccc(N(c3cccc4c3-c3ccccc3C43c4ccccc4-c4ccccc43)c3cccc4c3oc3c(-c5cccc6c5c5ccccc5n6-c5ccccc5)cccc34)cc2)cc1. The molecule has 0 N–H and O–H groups in total. The molecule has 0 aliphatic heterocycles. The van der Waals surface area contributed by atoms with Crippen LogP contribution in [0.5, 0.6) is 0 Å². The quantitative estimate of drug-likeness (QED) is 0.166. The van der Waals surface area contributed by atoms with Crippen LogP contribution in [0.4, 0.5) is 17.1 Å². The molecule has 0 fully saturated rings. The van der Waals surface area contributed by atoms with Crippen LogP contribution in [0, 0.1) is 0 Å². The predicted molar refractivity (Wildman–Crippen MR) is 290 cm³/mol. The Labute approximate surface area is 405 Å². The summed E-state index contributed by atoms with van der Waals surface area (Å²) in [7, 11) is 0. The molecule has 2 aliphatic carbocycles. The third kappa shape index (κ3) is 5.29. The zero-order valence-corrected chi connectivity index (χ0v) is 38.1. The molecule has 0 saturated heterocycles. The van der Waals surface area contributed by atoms with E-state index in [9.17, 15) is 0 Å². The number of furan rings is 1. The van der Waals surface area contributed by atoms with E-state index in [1.807, 2.05) is 0 Å². The summed E-state index contributed by atoms with van der Waals surface area (Å²) < 4.78 is 9.85. The molecule has 326 valence electrons. The van der Waals surface area contributed by atoms with Gasteiger partial charge in [0.2, 0.25) is 0 Å². The summed E-state index contributed by atoms with van der Waals surface area (Å²) in [4.78, 5) is 2.45. The van der Waals surface area contributed by atoms with Crippen molar-refractivity contribution in [2.24, 2.45) is 0 Å². The molecule has 3 nitrogen and oxygen atoms in total. The zero-order chi connectivity index (χ0) is 45.9. The van der Waals surface area contributed by atoms with Gasteiger partial charge in [0.15, 0.2) is 5.58 Å². The summed E-state index contributed by atoms with van der Waals surface area (Å²) in [5.74, 6) is 0. The normalized spacial score (nSPS) is 13.0. The standard InChI is InChI=1S/C67H42N2O/c1-3-19-43(20-4-1)44-39-41-46(42-40-44)69(61-37-18-34-58-64(61)53-25-9-13-33-57(53)67(58)55-31-11-7-23-47(55)48-24-8-12-32-56(48)67)62-38-17-30-52-51-29-15-28-50(65(51)70-66(52)62)49-27-16-36-60-63(49)54-26-10-14-35-59(54)68(60)45-21-5-2-6-22-45/h1-42H. The summed E-state index contributed by atoms with van der Waals surface area (Å²) in [5, 5.41) is 4.57. The van der Waals surface area contributed by atoms with Gasteiger partial charge in [-0.3, -0.25) is 0 Å². The lowest BCUT2D eigenvalue weighted by Gasteiger charge is -2.31. The number of nitrogens with zero attached hydrogens (tertiary/aromatic N) is 2. The van der Waals surface area contributed by atoms with E-state index in [1.165, 1.54) is 71.9 Å². The molecule has 0 bridgehead atoms. The zero-order valence-electron chi connectivity index (χ0n) is 38.1. The number of fused-ring (bicyclic) bond motifs is 16. The van der Waals surface area contributed by atoms with Crippen molar-refractivity contribution in [3.05, 3.63) is 277 Å². The highest BCUT2D eigenvalue weighted by atomic mass is 16.3. The molecule has 2 aliphatic rings. The highest BCUT2D eigenvalue weighted by Crippen LogP contribution is 2.65. The maximum Gasteiger partial charge on any atom is 0.159 e. The first kappa shape index (κ1) is 38.9. The number of benzene rings is 11. The first-order valence-corrected chi connectivity index (χ1v) is 24.2. The average Bonchev–Trinajstić information content (AvgIpc) is 4.17. The van der Waals surface area contributed by atoms with Gasteiger partial charge in [0.05, 0.1) is 27.8 Å². The van der Waals surface area contributed by atoms with Gasteiger partial charge in [0.1, 0.15) is 5.58 Å². The molecular formula is C67H42N2O. The van der Waals surface area contributed by atoms with E-state index < -0.39 is 5.41 Å². The second-order valence-corrected chi connectivity index (χ2v) is 18.7. The van der Waals surface area contributed by atoms with E-state index in [0.29, 0.717) is 0 Å². The van der Waals surface area contributed by atoms with Gasteiger partial charge in [0, 0.05) is 44.0 Å². The van der Waals surface area contributed by atoms with Crippen molar-refractivity contribution in [3.8, 4) is 50.2 Å². The van der Waals surface area contributed by atoms with Gasteiger partial charge in [-0.15, -0.1) is 0 Å². The monoisotopic (exact) mass is 890 g/mol. The van der Waals surface area contributed by atoms with Crippen LogP contribution in [0.2, 0.25) is 0 Å². The molecule has 0 amide bonds. The molecule has 2 heterocycles. The van der Waals surface area contributed by atoms with Crippen LogP contribution in [0.25, 0.3) is 93.9 Å². The second-order valence-electron chi connectivity index (χ2n) is 18.7. The number of hydrogen-bond donors (Lipinski definition) is 0. The first-order valence-electron chi connectivity index (χ1n) is 24.2. The molecule has 0 saturated carbocycles. The fourth-order valence-corrected chi connectivity index (χ4v) is 12.4. The maximum atomic E-state index is 7.47. The van der Waals surface area contributed by atoms with Crippen molar-refractivity contribution < 1.29 is 4.42 Å². The van der Waals surface area contributed by atoms with E-state index >= 15 is 0 Å². The largest absolute Gasteiger partial charge is 0.453 e. The Hall–Kier alpha value is -9.18. The summed E-state index contributed by atoms with van der Waals surface area (Å²) >= 11 is 0. The fraction of sp³-hybridized carbons (Fsp3) is 0.0149. The van der Waals surface area contributed by atoms with Gasteiger partial charge in [-0.2, -0.15) is 0 Å². The molecule has 0 radical (unpaired) electrons. The van der Waals surface area contributed by atoms with Gasteiger partial charge in [0.25, 0.3) is 0 Å². The summed E-state index contributed by atoms with van der Waals surface area (Å²) in [6, 6.07) is 93.2. The molecule has 2 aromatic heterocycles. The third-order valence-corrected chi connectivity index (χ3v) is 15.2. The third-order valence-electron chi connectivity index (χ3n) is 15.2. The van der Waals surface area contributed by atoms with Crippen molar-refractivity contribution >= 4 is 60.8 Å². The van der Waals surface area contributed by atoms with Gasteiger partial charge < -0.3 is 13.9 Å². The predicted octanol–water partition coefficient (Wildman–Crippen LogP) is 17.8. The van der Waals surface area contributed by atoms with E-state index in [0.717, 1.165) is 61.3 Å². The average molecular weight is 891 g/mol. The molecule has 0 unspecified atom stereocenters. The Morgan fingerprint density at radius 2 is 0.829 bits per heavy atom. The lowest BCUT2D eigenvalue weighted by Crippen LogP contribution is -2.26. The highest BCUT2D eigenvalue weighted by Gasteiger charge is 2.52. The van der Waals surface area contributed by atoms with E-state index in [2.05, 4.69) is 264 Å². The van der Waals surface area contributed by atoms with Crippen molar-refractivity contribution in [2.45, 2.75) is 5.41 Å². The highest BCUT2D eigenvalue weighted by molar-refractivity contribution is 6.20. The van der Waals surface area contributed by atoms with Crippen LogP contribution in [0.3, 0.4) is 0 Å². The van der Waals surface area contributed by atoms with Crippen molar-refractivity contribution in [3.63, 3.8) is 0 Å². The van der Waals surface area contributed by atoms with Gasteiger partial charge in [-0.1, -0.05) is 206 Å². The molecular weight excluding hydrogens is 849 g/mol. The number of rotatable bonds is 6. The van der Waals surface area contributed by atoms with Crippen LogP contribution in [-0.2, 0) is 5.41 Å². The maximum absolute atomic E-state index is 7.47. The Balaban J connectivity index is 0.993. The lowest BCUT2D eigenvalue weighted by atomic mass is 9.70. The molecule has 11 aromatic carbocycles. The van der Waals surface area contributed by atoms with Crippen LogP contribution in [0.15, 0.2) is 259 Å². The van der Waals surface area contributed by atoms with E-state index in [4.69, 9.17) is 4.42 Å². The number of anilines is 3. The topological polar surface area (TPSA) is 21.3 Å². The van der Waals surface area contributed by atoms with Crippen LogP contribution in [-0.4, -0.2) is 4.57 Å². The Morgan fingerprint density at radius 1 is 0.329 bits per heavy atom. The molecule has 15 rings (SSSR count). The Morgan fingerprint density at radius 3 is 1.59 bits per heavy atom. The van der Waals surface area contributed by atoms with Gasteiger partial charge >= 0.3 is 0 Å². The molecule has 13 aromatic rings. The number of para-hydroxylation sites is 4. The lowest BCUT2D eigenvalue weighted by molar-refractivity contribution is 0.670. The molecule has 70 heavy (non-hydrogen) atoms. The van der Waals surface area contributed by atoms with Gasteiger partial charge in [-0.05, 0) is 104 Å². The van der Waals surface area contributed by atoms with Crippen molar-refractivity contribution in [1.82, 2.24) is 4.57 Å². The summed E-state index contributed by atoms with van der Waals surface area (Å²) in [5.41, 5.74) is 22.7. The number of aromatic nitrogens is 1. The Bertz CT molecular complexity index is 4190. The second kappa shape index (κ2) is 14.9. The van der Waals surface area contributed by atoms with Gasteiger partial charge in [-0.25, -0.2) is 0 Å². The summed E-state index contributed by atoms with van der Waals surface area (Å²) in [6.07, 6.45) is 0. The van der Waals surface area contributed by atoms with Crippen LogP contribution >= 0.6 is 0 Å². The first-order chi connectivity index (χ1) is 34.8. The van der Waals surface area contributed by atoms with Crippen molar-refractivity contribution in [1.29, 1.82) is 0 Å². The van der Waals surface area contributed by atoms with Crippen LogP contribution < -0.4 is 4.90 Å². The van der Waals surface area contributed by atoms with Crippen LogP contribution in [0.1, 0.15) is 22.3 Å². The minimum Gasteiger partial charge on any atom is -0.453 e. The Kier molecular flexibility index (Phi) is 8.28. The van der Waals surface area contributed by atoms with Crippen molar-refractivity contribution in [2.75, 3.05) is 4.90 Å². The fourth-order valence-electron chi connectivity index (χ4n) is 12.4. The molecule has 3 heteroatoms. The number of hydrogen-bond acceptors (Lipinski definition) is 2. The summed E-state index contributed by atoms with van der Waals surface area (Å²) in [6.45, 7) is 0. The smallest absolute Gasteiger partial charge is 0.159 e. The van der Waals surface area contributed by atoms with E-state index in [-0.39, 0.29) is 0 Å². The minimum absolute atomic E-state index is 0.483.